The van der Waals surface area contributed by atoms with Crippen LogP contribution in [0.3, 0.4) is 0 Å². The maximum absolute atomic E-state index is 11.7. The molecule has 0 aromatic heterocycles. The van der Waals surface area contributed by atoms with Crippen LogP contribution in [0.25, 0.3) is 0 Å². The lowest BCUT2D eigenvalue weighted by Gasteiger charge is -2.18. The molecule has 5 nitrogen and oxygen atoms in total. The van der Waals surface area contributed by atoms with E-state index in [9.17, 15) is 9.59 Å². The van der Waals surface area contributed by atoms with Crippen molar-refractivity contribution in [2.24, 2.45) is 5.92 Å². The van der Waals surface area contributed by atoms with Gasteiger partial charge in [-0.2, -0.15) is 0 Å². The number of carboxylic acids is 1. The Bertz CT molecular complexity index is 476. The molecule has 0 aliphatic rings. The zero-order valence-electron chi connectivity index (χ0n) is 11.4. The number of para-hydroxylation sites is 1. The van der Waals surface area contributed by atoms with Crippen LogP contribution < -0.4 is 10.1 Å². The maximum atomic E-state index is 11.7. The van der Waals surface area contributed by atoms with Crippen molar-refractivity contribution in [3.8, 4) is 5.75 Å². The highest BCUT2D eigenvalue weighted by molar-refractivity contribution is 9.10. The smallest absolute Gasteiger partial charge is 0.326 e. The summed E-state index contributed by atoms with van der Waals surface area (Å²) in [6, 6.07) is 6.46. The molecule has 1 atom stereocenters. The number of amides is 1. The summed E-state index contributed by atoms with van der Waals surface area (Å²) >= 11 is 3.34. The molecule has 0 aliphatic heterocycles. The molecule has 1 rings (SSSR count). The van der Waals surface area contributed by atoms with Crippen LogP contribution in [0.1, 0.15) is 20.3 Å². The van der Waals surface area contributed by atoms with Gasteiger partial charge in [-0.15, -0.1) is 0 Å². The van der Waals surface area contributed by atoms with Crippen LogP contribution in [0.15, 0.2) is 28.7 Å². The molecule has 0 heterocycles. The van der Waals surface area contributed by atoms with Crippen LogP contribution >= 0.6 is 15.9 Å². The number of carboxylic acid groups (broad SMARTS) is 1. The van der Waals surface area contributed by atoms with Gasteiger partial charge in [0.05, 0.1) is 17.5 Å². The summed E-state index contributed by atoms with van der Waals surface area (Å²) in [6.07, 6.45) is 0.109. The van der Waals surface area contributed by atoms with E-state index in [2.05, 4.69) is 21.2 Å². The predicted octanol–water partition coefficient (Wildman–Crippen LogP) is 2.44. The highest BCUT2D eigenvalue weighted by Crippen LogP contribution is 2.23. The number of nitrogens with one attached hydrogen (secondary N) is 1. The topological polar surface area (TPSA) is 75.6 Å². The first-order valence-corrected chi connectivity index (χ1v) is 7.10. The minimum Gasteiger partial charge on any atom is -0.492 e. The number of hydrogen-bond donors (Lipinski definition) is 2. The summed E-state index contributed by atoms with van der Waals surface area (Å²) in [7, 11) is 0. The fourth-order valence-electron chi connectivity index (χ4n) is 1.57. The molecule has 0 aliphatic carbocycles. The Kier molecular flexibility index (Phi) is 6.51. The SMILES string of the molecule is CC(C)[C@@H](NC(=O)CCOc1ccccc1Br)C(=O)O. The van der Waals surface area contributed by atoms with E-state index in [1.807, 2.05) is 18.2 Å². The Morgan fingerprint density at radius 2 is 2.00 bits per heavy atom. The Morgan fingerprint density at radius 1 is 1.35 bits per heavy atom. The predicted molar refractivity (Wildman–Crippen MR) is 78.7 cm³/mol. The van der Waals surface area contributed by atoms with E-state index in [4.69, 9.17) is 9.84 Å². The number of ether oxygens (including phenoxy) is 1. The van der Waals surface area contributed by atoms with Crippen molar-refractivity contribution in [3.63, 3.8) is 0 Å². The fraction of sp³-hybridized carbons (Fsp3) is 0.429. The number of benzene rings is 1. The summed E-state index contributed by atoms with van der Waals surface area (Å²) < 4.78 is 6.27. The van der Waals surface area contributed by atoms with Gasteiger partial charge < -0.3 is 15.2 Å². The molecular weight excluding hydrogens is 326 g/mol. The van der Waals surface area contributed by atoms with Crippen molar-refractivity contribution in [3.05, 3.63) is 28.7 Å². The first-order chi connectivity index (χ1) is 9.41. The Morgan fingerprint density at radius 3 is 2.55 bits per heavy atom. The van der Waals surface area contributed by atoms with Crippen molar-refractivity contribution in [1.82, 2.24) is 5.32 Å². The molecule has 1 aromatic carbocycles. The van der Waals surface area contributed by atoms with E-state index in [0.717, 1.165) is 4.47 Å². The molecule has 20 heavy (non-hydrogen) atoms. The Hall–Kier alpha value is -1.56. The minimum atomic E-state index is -1.03. The van der Waals surface area contributed by atoms with E-state index in [1.165, 1.54) is 0 Å². The third kappa shape index (κ3) is 5.21. The van der Waals surface area contributed by atoms with Crippen molar-refractivity contribution >= 4 is 27.8 Å². The molecule has 6 heteroatoms. The quantitative estimate of drug-likeness (QED) is 0.797. The number of carbonyl (C=O) groups excluding carboxylic acids is 1. The first-order valence-electron chi connectivity index (χ1n) is 6.31. The summed E-state index contributed by atoms with van der Waals surface area (Å²) in [5, 5.41) is 11.5. The summed E-state index contributed by atoms with van der Waals surface area (Å²) in [5.74, 6) is -0.877. The van der Waals surface area contributed by atoms with Gasteiger partial charge in [0, 0.05) is 0 Å². The van der Waals surface area contributed by atoms with Gasteiger partial charge in [0.2, 0.25) is 5.91 Å². The number of aliphatic carboxylic acids is 1. The molecule has 2 N–H and O–H groups in total. The van der Waals surface area contributed by atoms with Crippen LogP contribution in [0.4, 0.5) is 0 Å². The van der Waals surface area contributed by atoms with E-state index in [0.29, 0.717) is 5.75 Å². The third-order valence-corrected chi connectivity index (χ3v) is 3.33. The molecule has 0 fully saturated rings. The molecule has 0 spiro atoms. The monoisotopic (exact) mass is 343 g/mol. The van der Waals surface area contributed by atoms with E-state index in [1.54, 1.807) is 19.9 Å². The molecule has 0 saturated carbocycles. The number of carbonyl (C=O) groups is 2. The molecular formula is C14H18BrNO4. The summed E-state index contributed by atoms with van der Waals surface area (Å²) in [4.78, 5) is 22.6. The average Bonchev–Trinajstić information content (AvgIpc) is 2.37. The molecule has 0 saturated heterocycles. The fourth-order valence-corrected chi connectivity index (χ4v) is 1.97. The second-order valence-electron chi connectivity index (χ2n) is 4.66. The second-order valence-corrected chi connectivity index (χ2v) is 5.51. The average molecular weight is 344 g/mol. The normalized spacial score (nSPS) is 12.0. The Labute approximate surface area is 126 Å². The standard InChI is InChI=1S/C14H18BrNO4/c1-9(2)13(14(18)19)16-12(17)7-8-20-11-6-4-3-5-10(11)15/h3-6,9,13H,7-8H2,1-2H3,(H,16,17)(H,18,19)/t13-/m1/s1. The third-order valence-electron chi connectivity index (χ3n) is 2.67. The summed E-state index contributed by atoms with van der Waals surface area (Å²) in [6.45, 7) is 3.69. The number of rotatable bonds is 7. The van der Waals surface area contributed by atoms with Crippen LogP contribution in [0.2, 0.25) is 0 Å². The van der Waals surface area contributed by atoms with Crippen molar-refractivity contribution < 1.29 is 19.4 Å². The molecule has 0 unspecified atom stereocenters. The zero-order valence-corrected chi connectivity index (χ0v) is 13.0. The molecule has 0 radical (unpaired) electrons. The molecule has 1 aromatic rings. The second kappa shape index (κ2) is 7.89. The van der Waals surface area contributed by atoms with Crippen LogP contribution in [0.5, 0.6) is 5.75 Å². The highest BCUT2D eigenvalue weighted by Gasteiger charge is 2.23. The highest BCUT2D eigenvalue weighted by atomic mass is 79.9. The van der Waals surface area contributed by atoms with Gasteiger partial charge in [-0.25, -0.2) is 4.79 Å². The van der Waals surface area contributed by atoms with Crippen LogP contribution in [-0.4, -0.2) is 29.6 Å². The van der Waals surface area contributed by atoms with Crippen molar-refractivity contribution in [1.29, 1.82) is 0 Å². The lowest BCUT2D eigenvalue weighted by molar-refractivity contribution is -0.143. The number of halogens is 1. The summed E-state index contributed by atoms with van der Waals surface area (Å²) in [5.41, 5.74) is 0. The lowest BCUT2D eigenvalue weighted by atomic mass is 10.0. The zero-order chi connectivity index (χ0) is 15.1. The van der Waals surface area contributed by atoms with Gasteiger partial charge in [-0.1, -0.05) is 26.0 Å². The maximum Gasteiger partial charge on any atom is 0.326 e. The molecule has 110 valence electrons. The van der Waals surface area contributed by atoms with E-state index < -0.39 is 12.0 Å². The lowest BCUT2D eigenvalue weighted by Crippen LogP contribution is -2.44. The van der Waals surface area contributed by atoms with Gasteiger partial charge in [0.15, 0.2) is 0 Å². The van der Waals surface area contributed by atoms with Crippen LogP contribution in [-0.2, 0) is 9.59 Å². The largest absolute Gasteiger partial charge is 0.492 e. The minimum absolute atomic E-state index is 0.109. The first kappa shape index (κ1) is 16.5. The Balaban J connectivity index is 2.40. The number of hydrogen-bond acceptors (Lipinski definition) is 3. The van der Waals surface area contributed by atoms with Gasteiger partial charge >= 0.3 is 5.97 Å². The van der Waals surface area contributed by atoms with Crippen LogP contribution in [0, 0.1) is 5.92 Å². The van der Waals surface area contributed by atoms with Gasteiger partial charge in [0.25, 0.3) is 0 Å². The van der Waals surface area contributed by atoms with E-state index in [-0.39, 0.29) is 24.9 Å². The van der Waals surface area contributed by atoms with Crippen molar-refractivity contribution in [2.45, 2.75) is 26.3 Å². The van der Waals surface area contributed by atoms with Gasteiger partial charge in [0.1, 0.15) is 11.8 Å². The van der Waals surface area contributed by atoms with Crippen molar-refractivity contribution in [2.75, 3.05) is 6.61 Å². The van der Waals surface area contributed by atoms with E-state index >= 15 is 0 Å². The molecule has 1 amide bonds. The molecule has 0 bridgehead atoms. The van der Waals surface area contributed by atoms with Gasteiger partial charge in [-0.3, -0.25) is 4.79 Å². The van der Waals surface area contributed by atoms with Gasteiger partial charge in [-0.05, 0) is 34.0 Å².